The van der Waals surface area contributed by atoms with Crippen LogP contribution in [0.5, 0.6) is 0 Å². The molecule has 0 saturated carbocycles. The second kappa shape index (κ2) is 7.51. The number of nitrogens with one attached hydrogen (secondary N) is 1. The minimum absolute atomic E-state index is 0.0188. The number of thioether (sulfide) groups is 1. The van der Waals surface area contributed by atoms with Crippen LogP contribution in [0.2, 0.25) is 0 Å². The van der Waals surface area contributed by atoms with Crippen molar-refractivity contribution in [2.24, 2.45) is 0 Å². The molecule has 1 rings (SSSR count). The van der Waals surface area contributed by atoms with E-state index in [0.717, 1.165) is 12.2 Å². The molecule has 0 fully saturated rings. The van der Waals surface area contributed by atoms with Crippen LogP contribution in [0, 0.1) is 0 Å². The maximum Gasteiger partial charge on any atom is 0.337 e. The molecule has 0 unspecified atom stereocenters. The van der Waals surface area contributed by atoms with Gasteiger partial charge < -0.3 is 10.5 Å². The van der Waals surface area contributed by atoms with Gasteiger partial charge in [0.15, 0.2) is 0 Å². The molecule has 0 aliphatic rings. The van der Waals surface area contributed by atoms with Crippen molar-refractivity contribution in [2.45, 2.75) is 11.3 Å². The molecule has 0 aliphatic carbocycles. The van der Waals surface area contributed by atoms with Gasteiger partial charge in [0, 0.05) is 6.54 Å². The molecule has 0 heterocycles. The quantitative estimate of drug-likeness (QED) is 0.443. The molecular formula is C12H18N2O4S2. The monoisotopic (exact) mass is 318 g/mol. The average Bonchev–Trinajstić information content (AvgIpc) is 2.42. The molecule has 1 aromatic rings. The summed E-state index contributed by atoms with van der Waals surface area (Å²) < 4.78 is 31.1. The predicted octanol–water partition coefficient (Wildman–Crippen LogP) is 1.09. The van der Waals surface area contributed by atoms with Crippen molar-refractivity contribution in [1.82, 2.24) is 4.72 Å². The smallest absolute Gasteiger partial charge is 0.337 e. The number of sulfonamides is 1. The van der Waals surface area contributed by atoms with E-state index >= 15 is 0 Å². The fraction of sp³-hybridized carbons (Fsp3) is 0.417. The summed E-state index contributed by atoms with van der Waals surface area (Å²) in [6, 6.07) is 3.97. The second-order valence-corrected chi connectivity index (χ2v) is 6.71. The highest BCUT2D eigenvalue weighted by atomic mass is 32.2. The van der Waals surface area contributed by atoms with E-state index in [2.05, 4.69) is 9.46 Å². The first-order valence-corrected chi connectivity index (χ1v) is 8.76. The Morgan fingerprint density at radius 2 is 2.15 bits per heavy atom. The molecule has 0 spiro atoms. The van der Waals surface area contributed by atoms with Crippen molar-refractivity contribution in [3.8, 4) is 0 Å². The standard InChI is InChI=1S/C12H18N2O4S2/c1-18-12(15)9-4-5-11(10(13)8-9)20(16,17)14-6-3-7-19-2/h4-5,8,14H,3,6-7,13H2,1-2H3. The Kier molecular flexibility index (Phi) is 6.31. The van der Waals surface area contributed by atoms with E-state index in [-0.39, 0.29) is 16.1 Å². The van der Waals surface area contributed by atoms with Crippen molar-refractivity contribution in [3.05, 3.63) is 23.8 Å². The molecular weight excluding hydrogens is 300 g/mol. The van der Waals surface area contributed by atoms with Crippen LogP contribution in [-0.2, 0) is 14.8 Å². The number of benzene rings is 1. The number of nitrogens with two attached hydrogens (primary N) is 1. The van der Waals surface area contributed by atoms with Gasteiger partial charge >= 0.3 is 5.97 Å². The normalized spacial score (nSPS) is 11.3. The summed E-state index contributed by atoms with van der Waals surface area (Å²) in [5.74, 6) is 0.313. The molecule has 0 aliphatic heterocycles. The van der Waals surface area contributed by atoms with E-state index < -0.39 is 16.0 Å². The molecule has 0 aromatic heterocycles. The zero-order chi connectivity index (χ0) is 15.2. The number of carbonyl (C=O) groups excluding carboxylic acids is 1. The molecule has 0 radical (unpaired) electrons. The molecule has 6 nitrogen and oxygen atoms in total. The van der Waals surface area contributed by atoms with Crippen LogP contribution in [-0.4, -0.2) is 40.1 Å². The summed E-state index contributed by atoms with van der Waals surface area (Å²) >= 11 is 1.65. The number of methoxy groups -OCH3 is 1. The molecule has 8 heteroatoms. The van der Waals surface area contributed by atoms with Crippen molar-refractivity contribution < 1.29 is 17.9 Å². The lowest BCUT2D eigenvalue weighted by atomic mass is 10.2. The topological polar surface area (TPSA) is 98.5 Å². The number of anilines is 1. The van der Waals surface area contributed by atoms with Gasteiger partial charge in [-0.3, -0.25) is 0 Å². The Labute approximate surface area is 123 Å². The maximum absolute atomic E-state index is 12.1. The van der Waals surface area contributed by atoms with Gasteiger partial charge in [-0.05, 0) is 36.6 Å². The largest absolute Gasteiger partial charge is 0.465 e. The molecule has 0 saturated heterocycles. The highest BCUT2D eigenvalue weighted by Crippen LogP contribution is 2.20. The predicted molar refractivity (Wildman–Crippen MR) is 80.4 cm³/mol. The van der Waals surface area contributed by atoms with Crippen LogP contribution in [0.3, 0.4) is 0 Å². The van der Waals surface area contributed by atoms with Gasteiger partial charge in [-0.25, -0.2) is 17.9 Å². The van der Waals surface area contributed by atoms with Crippen LogP contribution in [0.25, 0.3) is 0 Å². The number of nitrogen functional groups attached to an aromatic ring is 1. The van der Waals surface area contributed by atoms with Crippen LogP contribution in [0.15, 0.2) is 23.1 Å². The highest BCUT2D eigenvalue weighted by molar-refractivity contribution is 7.98. The lowest BCUT2D eigenvalue weighted by Crippen LogP contribution is -2.26. The number of ether oxygens (including phenoxy) is 1. The zero-order valence-corrected chi connectivity index (χ0v) is 13.0. The van der Waals surface area contributed by atoms with E-state index in [4.69, 9.17) is 5.73 Å². The fourth-order valence-corrected chi connectivity index (χ4v) is 3.16. The van der Waals surface area contributed by atoms with Crippen LogP contribution < -0.4 is 10.5 Å². The zero-order valence-electron chi connectivity index (χ0n) is 11.4. The third kappa shape index (κ3) is 4.39. The molecule has 20 heavy (non-hydrogen) atoms. The first-order valence-electron chi connectivity index (χ1n) is 5.89. The fourth-order valence-electron chi connectivity index (χ4n) is 1.54. The summed E-state index contributed by atoms with van der Waals surface area (Å²) in [6.07, 6.45) is 2.69. The van der Waals surface area contributed by atoms with Gasteiger partial charge in [0.05, 0.1) is 18.4 Å². The van der Waals surface area contributed by atoms with Gasteiger partial charge in [0.1, 0.15) is 4.90 Å². The first kappa shape index (κ1) is 16.8. The number of hydrogen-bond acceptors (Lipinski definition) is 6. The molecule has 0 bridgehead atoms. The molecule has 0 amide bonds. The number of rotatable bonds is 7. The van der Waals surface area contributed by atoms with Crippen molar-refractivity contribution in [2.75, 3.05) is 31.4 Å². The van der Waals surface area contributed by atoms with E-state index in [9.17, 15) is 13.2 Å². The third-order valence-electron chi connectivity index (χ3n) is 2.54. The Hall–Kier alpha value is -1.25. The van der Waals surface area contributed by atoms with E-state index in [1.807, 2.05) is 6.26 Å². The Balaban J connectivity index is 2.88. The second-order valence-electron chi connectivity index (χ2n) is 3.99. The van der Waals surface area contributed by atoms with Crippen molar-refractivity contribution in [3.63, 3.8) is 0 Å². The van der Waals surface area contributed by atoms with Gasteiger partial charge in [0.25, 0.3) is 0 Å². The summed E-state index contributed by atoms with van der Waals surface area (Å²) in [5.41, 5.74) is 5.93. The number of carbonyl (C=O) groups is 1. The molecule has 0 atom stereocenters. The Morgan fingerprint density at radius 3 is 2.70 bits per heavy atom. The Bertz CT molecular complexity index is 573. The lowest BCUT2D eigenvalue weighted by molar-refractivity contribution is 0.0600. The average molecular weight is 318 g/mol. The van der Waals surface area contributed by atoms with E-state index in [0.29, 0.717) is 6.54 Å². The van der Waals surface area contributed by atoms with Crippen LogP contribution in [0.1, 0.15) is 16.8 Å². The number of esters is 1. The highest BCUT2D eigenvalue weighted by Gasteiger charge is 2.18. The van der Waals surface area contributed by atoms with Gasteiger partial charge in [-0.1, -0.05) is 0 Å². The van der Waals surface area contributed by atoms with Crippen molar-refractivity contribution in [1.29, 1.82) is 0 Å². The maximum atomic E-state index is 12.1. The summed E-state index contributed by atoms with van der Waals surface area (Å²) in [6.45, 7) is 0.349. The van der Waals surface area contributed by atoms with Crippen LogP contribution >= 0.6 is 11.8 Å². The molecule has 3 N–H and O–H groups in total. The van der Waals surface area contributed by atoms with Crippen LogP contribution in [0.4, 0.5) is 5.69 Å². The minimum Gasteiger partial charge on any atom is -0.465 e. The van der Waals surface area contributed by atoms with Gasteiger partial charge in [-0.2, -0.15) is 11.8 Å². The third-order valence-corrected chi connectivity index (χ3v) is 4.77. The summed E-state index contributed by atoms with van der Waals surface area (Å²) in [5, 5.41) is 0. The molecule has 1 aromatic carbocycles. The summed E-state index contributed by atoms with van der Waals surface area (Å²) in [7, 11) is -2.41. The van der Waals surface area contributed by atoms with Gasteiger partial charge in [0.2, 0.25) is 10.0 Å². The van der Waals surface area contributed by atoms with E-state index in [1.165, 1.54) is 25.3 Å². The number of hydrogen-bond donors (Lipinski definition) is 2. The Morgan fingerprint density at radius 1 is 1.45 bits per heavy atom. The lowest BCUT2D eigenvalue weighted by Gasteiger charge is -2.10. The van der Waals surface area contributed by atoms with Gasteiger partial charge in [-0.15, -0.1) is 0 Å². The molecule has 112 valence electrons. The van der Waals surface area contributed by atoms with Crippen molar-refractivity contribution >= 4 is 33.4 Å². The first-order chi connectivity index (χ1) is 9.42. The SMILES string of the molecule is COC(=O)c1ccc(S(=O)(=O)NCCCSC)c(N)c1. The van der Waals surface area contributed by atoms with E-state index in [1.54, 1.807) is 11.8 Å². The minimum atomic E-state index is -3.66. The summed E-state index contributed by atoms with van der Waals surface area (Å²) in [4.78, 5) is 11.3.